The molecule has 1 unspecified atom stereocenters. The van der Waals surface area contributed by atoms with Crippen LogP contribution < -0.4 is 0 Å². The first-order valence-corrected chi connectivity index (χ1v) is 11.8. The van der Waals surface area contributed by atoms with E-state index in [1.165, 1.54) is 5.56 Å². The molecule has 0 spiro atoms. The number of hydrogen-bond donors (Lipinski definition) is 1. The number of aliphatic imine (C=N–C) groups is 1. The third-order valence-corrected chi connectivity index (χ3v) is 6.38. The van der Waals surface area contributed by atoms with Gasteiger partial charge in [0.15, 0.2) is 0 Å². The fourth-order valence-corrected chi connectivity index (χ4v) is 4.19. The Labute approximate surface area is 219 Å². The summed E-state index contributed by atoms with van der Waals surface area (Å²) in [7, 11) is 0. The monoisotopic (exact) mass is 507 g/mol. The van der Waals surface area contributed by atoms with E-state index in [9.17, 15) is 5.11 Å². The van der Waals surface area contributed by atoms with Crippen molar-refractivity contribution in [3.63, 3.8) is 0 Å². The molecule has 1 aliphatic rings. The molecule has 0 saturated carbocycles. The predicted octanol–water partition coefficient (Wildman–Crippen LogP) is 6.59. The van der Waals surface area contributed by atoms with E-state index in [-0.39, 0.29) is 28.5 Å². The van der Waals surface area contributed by atoms with Gasteiger partial charge in [0.05, 0.1) is 18.2 Å². The van der Waals surface area contributed by atoms with E-state index in [4.69, 9.17) is 4.74 Å². The summed E-state index contributed by atoms with van der Waals surface area (Å²) in [4.78, 5) is 4.66. The van der Waals surface area contributed by atoms with Crippen LogP contribution >= 0.6 is 0 Å². The van der Waals surface area contributed by atoms with Gasteiger partial charge < -0.3 is 9.84 Å². The summed E-state index contributed by atoms with van der Waals surface area (Å²) in [5.41, 5.74) is 4.13. The number of rotatable bonds is 4. The summed E-state index contributed by atoms with van der Waals surface area (Å²) in [6, 6.07) is 33.8. The molecule has 0 amide bonds. The van der Waals surface area contributed by atoms with Crippen molar-refractivity contribution in [1.82, 2.24) is 0 Å². The molecule has 0 fully saturated rings. The van der Waals surface area contributed by atoms with Crippen molar-refractivity contribution in [3.05, 3.63) is 131 Å². The standard InChI is InChI=1S/C18H15O.C13H18NO.Fe/c19-18(17-13-7-8-14-17,15-9-3-1-4-10-15)16-11-5-2-6-12-16;1-9-6-5-7-10(9)12-14-11(8-15-12)13(2,3)4;/h1-14,19H;5-7,11H,8H2,1-4H3;/q2*-1;. The first-order chi connectivity index (χ1) is 16.3. The molecule has 0 radical (unpaired) electrons. The summed E-state index contributed by atoms with van der Waals surface area (Å²) in [5, 5.41) is 11.3. The van der Waals surface area contributed by atoms with Crippen molar-refractivity contribution < 1.29 is 26.9 Å². The molecule has 3 nitrogen and oxygen atoms in total. The molecule has 0 aliphatic carbocycles. The van der Waals surface area contributed by atoms with Crippen molar-refractivity contribution >= 4 is 5.90 Å². The van der Waals surface area contributed by atoms with Gasteiger partial charge in [-0.05, 0) is 16.5 Å². The number of nitrogens with zero attached hydrogens (tertiary/aromatic N) is 1. The number of aryl methyl sites for hydroxylation is 1. The Morgan fingerprint density at radius 1 is 0.800 bits per heavy atom. The summed E-state index contributed by atoms with van der Waals surface area (Å²) in [6.45, 7) is 9.40. The Bertz CT molecular complexity index is 1160. The fraction of sp³-hybridized carbons (Fsp3) is 0.258. The van der Waals surface area contributed by atoms with E-state index in [0.717, 1.165) is 28.2 Å². The maximum atomic E-state index is 11.3. The quantitative estimate of drug-likeness (QED) is 0.250. The molecule has 0 saturated heterocycles. The van der Waals surface area contributed by atoms with E-state index in [2.05, 4.69) is 44.8 Å². The normalized spacial score (nSPS) is 15.3. The minimum atomic E-state index is -1.09. The average Bonchev–Trinajstić information content (AvgIpc) is 3.61. The molecule has 35 heavy (non-hydrogen) atoms. The van der Waals surface area contributed by atoms with Crippen LogP contribution in [0.25, 0.3) is 0 Å². The van der Waals surface area contributed by atoms with Gasteiger partial charge in [-0.1, -0.05) is 93.9 Å². The Balaban J connectivity index is 0.000000195. The average molecular weight is 507 g/mol. The van der Waals surface area contributed by atoms with Crippen molar-refractivity contribution in [2.75, 3.05) is 6.61 Å². The Kier molecular flexibility index (Phi) is 8.56. The van der Waals surface area contributed by atoms with E-state index in [0.29, 0.717) is 6.61 Å². The molecular formula is C31H33FeNO2-2. The molecule has 5 rings (SSSR count). The molecule has 0 bridgehead atoms. The predicted molar refractivity (Wildman–Crippen MR) is 140 cm³/mol. The number of benzene rings is 2. The van der Waals surface area contributed by atoms with Crippen LogP contribution in [0.2, 0.25) is 0 Å². The third-order valence-electron chi connectivity index (χ3n) is 6.38. The van der Waals surface area contributed by atoms with Gasteiger partial charge in [-0.2, -0.15) is 30.3 Å². The minimum Gasteiger partial charge on any atom is -0.518 e. The van der Waals surface area contributed by atoms with Crippen LogP contribution in [0.5, 0.6) is 0 Å². The van der Waals surface area contributed by atoms with Crippen LogP contribution in [0, 0.1) is 12.3 Å². The minimum absolute atomic E-state index is 0. The summed E-state index contributed by atoms with van der Waals surface area (Å²) < 4.78 is 5.67. The first kappa shape index (κ1) is 26.7. The van der Waals surface area contributed by atoms with Crippen LogP contribution in [0.1, 0.15) is 48.6 Å². The Morgan fingerprint density at radius 3 is 1.77 bits per heavy atom. The topological polar surface area (TPSA) is 41.8 Å². The van der Waals surface area contributed by atoms with Gasteiger partial charge in [0.2, 0.25) is 0 Å². The summed E-state index contributed by atoms with van der Waals surface area (Å²) >= 11 is 0. The van der Waals surface area contributed by atoms with Crippen LogP contribution in [0.4, 0.5) is 0 Å². The zero-order valence-corrected chi connectivity index (χ0v) is 21.9. The van der Waals surface area contributed by atoms with Gasteiger partial charge in [0.1, 0.15) is 5.90 Å². The molecular weight excluding hydrogens is 474 g/mol. The van der Waals surface area contributed by atoms with Gasteiger partial charge in [-0.25, -0.2) is 12.1 Å². The van der Waals surface area contributed by atoms with Crippen LogP contribution in [-0.4, -0.2) is 23.7 Å². The largest absolute Gasteiger partial charge is 0.518 e. The second-order valence-electron chi connectivity index (χ2n) is 9.87. The smallest absolute Gasteiger partial charge is 0.130 e. The second kappa shape index (κ2) is 11.2. The zero-order chi connectivity index (χ0) is 24.2. The van der Waals surface area contributed by atoms with Crippen molar-refractivity contribution in [3.8, 4) is 0 Å². The van der Waals surface area contributed by atoms with Gasteiger partial charge in [0.25, 0.3) is 0 Å². The van der Waals surface area contributed by atoms with Crippen molar-refractivity contribution in [1.29, 1.82) is 0 Å². The van der Waals surface area contributed by atoms with Crippen LogP contribution in [-0.2, 0) is 27.4 Å². The van der Waals surface area contributed by atoms with E-state index >= 15 is 0 Å². The summed E-state index contributed by atoms with van der Waals surface area (Å²) in [6.07, 6.45) is 0. The SMILES string of the molecule is C[c-]1cccc1C1=NC(C(C)(C)C)CO1.OC(c1ccccc1)(c1ccccc1)[c-]1cccc1.[Fe]. The van der Waals surface area contributed by atoms with Gasteiger partial charge in [-0.15, -0.1) is 11.1 Å². The number of ether oxygens (including phenoxy) is 1. The molecule has 0 aromatic heterocycles. The zero-order valence-electron chi connectivity index (χ0n) is 20.8. The van der Waals surface area contributed by atoms with E-state index in [1.807, 2.05) is 91.0 Å². The summed E-state index contributed by atoms with van der Waals surface area (Å²) in [5.74, 6) is 0.817. The molecule has 184 valence electrons. The van der Waals surface area contributed by atoms with E-state index < -0.39 is 5.60 Å². The van der Waals surface area contributed by atoms with Gasteiger partial charge in [-0.3, -0.25) is 4.99 Å². The van der Waals surface area contributed by atoms with Crippen LogP contribution in [0.15, 0.2) is 108 Å². The maximum Gasteiger partial charge on any atom is 0.130 e. The number of aliphatic hydroxyl groups is 1. The molecule has 4 heteroatoms. The van der Waals surface area contributed by atoms with E-state index in [1.54, 1.807) is 0 Å². The maximum absolute atomic E-state index is 11.3. The fourth-order valence-electron chi connectivity index (χ4n) is 4.19. The third kappa shape index (κ3) is 5.84. The molecule has 1 aliphatic heterocycles. The van der Waals surface area contributed by atoms with Crippen molar-refractivity contribution in [2.24, 2.45) is 10.4 Å². The molecule has 4 aromatic carbocycles. The number of hydrogen-bond acceptors (Lipinski definition) is 3. The molecule has 1 atom stereocenters. The molecule has 4 aromatic rings. The van der Waals surface area contributed by atoms with Gasteiger partial charge in [0, 0.05) is 17.1 Å². The molecule has 1 heterocycles. The Morgan fingerprint density at radius 2 is 1.34 bits per heavy atom. The van der Waals surface area contributed by atoms with Crippen LogP contribution in [0.3, 0.4) is 0 Å². The second-order valence-corrected chi connectivity index (χ2v) is 9.87. The first-order valence-electron chi connectivity index (χ1n) is 11.8. The Hall–Kier alpha value is -2.91. The van der Waals surface area contributed by atoms with Crippen molar-refractivity contribution in [2.45, 2.75) is 39.3 Å². The van der Waals surface area contributed by atoms with Gasteiger partial charge >= 0.3 is 0 Å². The molecule has 1 N–H and O–H groups in total.